The fourth-order valence-corrected chi connectivity index (χ4v) is 0.340. The lowest BCUT2D eigenvalue weighted by Crippen LogP contribution is -1.90. The first kappa shape index (κ1) is 7.49. The number of rotatable bonds is 1. The first-order valence-electron chi connectivity index (χ1n) is 1.94. The smallest absolute Gasteiger partial charge is 0.433 e. The number of hydrogen-bond donors (Lipinski definition) is 0. The Hall–Kier alpha value is -0.510. The Balaban J connectivity index is 3.37. The highest BCUT2D eigenvalue weighted by Gasteiger charge is 1.87. The zero-order valence-electron chi connectivity index (χ0n) is 4.75. The van der Waals surface area contributed by atoms with Gasteiger partial charge in [0.2, 0.25) is 0 Å². The molecule has 3 nitrogen and oxygen atoms in total. The summed E-state index contributed by atoms with van der Waals surface area (Å²) >= 11 is 1.35. The molecule has 0 fully saturated rings. The summed E-state index contributed by atoms with van der Waals surface area (Å²) in [4.78, 5) is 13.5. The molecule has 0 rings (SSSR count). The van der Waals surface area contributed by atoms with E-state index < -0.39 is 6.09 Å². The van der Waals surface area contributed by atoms with Gasteiger partial charge < -0.3 is 4.74 Å². The van der Waals surface area contributed by atoms with Gasteiger partial charge in [0.25, 0.3) is 0 Å². The summed E-state index contributed by atoms with van der Waals surface area (Å²) in [6, 6.07) is 0. The summed E-state index contributed by atoms with van der Waals surface area (Å²) in [5.74, 6) is 0. The van der Waals surface area contributed by atoms with Crippen molar-refractivity contribution in [2.75, 3.05) is 13.4 Å². The zero-order chi connectivity index (χ0) is 6.41. The average Bonchev–Trinajstić information content (AvgIpc) is 1.83. The first-order valence-corrected chi connectivity index (χ1v) is 3.23. The molecule has 8 heavy (non-hydrogen) atoms. The third-order valence-corrected chi connectivity index (χ3v) is 0.754. The number of aliphatic imine (C=N–C) groups is 1. The van der Waals surface area contributed by atoms with Crippen LogP contribution in [0.15, 0.2) is 4.99 Å². The molecule has 0 saturated heterocycles. The van der Waals surface area contributed by atoms with E-state index in [1.165, 1.54) is 24.4 Å². The molecule has 46 valence electrons. The molecule has 4 heteroatoms. The lowest BCUT2D eigenvalue weighted by Gasteiger charge is -1.85. The number of hydrogen-bond acceptors (Lipinski definition) is 3. The molecule has 0 atom stereocenters. The molecule has 0 saturated carbocycles. The molecule has 0 aromatic heterocycles. The Bertz CT molecular complexity index is 102. The fraction of sp³-hybridized carbons (Fsp3) is 0.500. The standard InChI is InChI=1S/C4H7NO2S/c1-7-4(6)5-3-8-2/h3H,1-2H3. The van der Waals surface area contributed by atoms with Crippen LogP contribution in [0.3, 0.4) is 0 Å². The van der Waals surface area contributed by atoms with E-state index in [1.807, 2.05) is 6.26 Å². The minimum atomic E-state index is -0.556. The van der Waals surface area contributed by atoms with Gasteiger partial charge in [-0.25, -0.2) is 4.79 Å². The van der Waals surface area contributed by atoms with E-state index in [0.717, 1.165) is 0 Å². The molecule has 0 bridgehead atoms. The number of carbonyl (C=O) groups excluding carboxylic acids is 1. The van der Waals surface area contributed by atoms with Crippen LogP contribution in [0.5, 0.6) is 0 Å². The molecule has 0 aromatic rings. The SMILES string of the molecule is COC(=O)N=CSC. The van der Waals surface area contributed by atoms with Crippen LogP contribution in [0.2, 0.25) is 0 Å². The number of methoxy groups -OCH3 is 1. The van der Waals surface area contributed by atoms with E-state index in [1.54, 1.807) is 0 Å². The van der Waals surface area contributed by atoms with Gasteiger partial charge in [-0.3, -0.25) is 0 Å². The summed E-state index contributed by atoms with van der Waals surface area (Å²) < 4.78 is 4.20. The summed E-state index contributed by atoms with van der Waals surface area (Å²) in [6.45, 7) is 0. The van der Waals surface area contributed by atoms with Crippen molar-refractivity contribution in [3.63, 3.8) is 0 Å². The zero-order valence-corrected chi connectivity index (χ0v) is 5.57. The van der Waals surface area contributed by atoms with Crippen LogP contribution < -0.4 is 0 Å². The lowest BCUT2D eigenvalue weighted by molar-refractivity contribution is 0.183. The Morgan fingerprint density at radius 2 is 2.50 bits per heavy atom. The molecule has 0 heterocycles. The van der Waals surface area contributed by atoms with Gasteiger partial charge in [-0.2, -0.15) is 4.99 Å². The molecule has 0 aliphatic carbocycles. The Morgan fingerprint density at radius 1 is 1.88 bits per heavy atom. The second-order valence-electron chi connectivity index (χ2n) is 0.940. The monoisotopic (exact) mass is 133 g/mol. The molecule has 0 spiro atoms. The second kappa shape index (κ2) is 4.64. The molecule has 1 amide bonds. The Labute approximate surface area is 52.1 Å². The van der Waals surface area contributed by atoms with Crippen LogP contribution in [-0.2, 0) is 4.74 Å². The minimum absolute atomic E-state index is 0.556. The molecule has 0 unspecified atom stereocenters. The number of thioether (sulfide) groups is 1. The number of carbonyl (C=O) groups is 1. The third kappa shape index (κ3) is 3.67. The highest BCUT2D eigenvalue weighted by atomic mass is 32.2. The van der Waals surface area contributed by atoms with Crippen LogP contribution in [0, 0.1) is 0 Å². The molecule has 0 N–H and O–H groups in total. The van der Waals surface area contributed by atoms with Crippen molar-refractivity contribution >= 4 is 23.4 Å². The fourth-order valence-electron chi connectivity index (χ4n) is 0.148. The van der Waals surface area contributed by atoms with Crippen molar-refractivity contribution in [3.8, 4) is 0 Å². The van der Waals surface area contributed by atoms with Gasteiger partial charge in [0.05, 0.1) is 12.7 Å². The number of ether oxygens (including phenoxy) is 1. The Kier molecular flexibility index (Phi) is 4.35. The van der Waals surface area contributed by atoms with Gasteiger partial charge in [0.1, 0.15) is 0 Å². The molecule has 0 aromatic carbocycles. The molecular formula is C4H7NO2S. The van der Waals surface area contributed by atoms with E-state index in [-0.39, 0.29) is 0 Å². The van der Waals surface area contributed by atoms with Crippen molar-refractivity contribution in [2.24, 2.45) is 4.99 Å². The van der Waals surface area contributed by atoms with Gasteiger partial charge in [-0.15, -0.1) is 11.8 Å². The van der Waals surface area contributed by atoms with E-state index in [0.29, 0.717) is 0 Å². The predicted octanol–water partition coefficient (Wildman–Crippen LogP) is 1.14. The molecule has 0 radical (unpaired) electrons. The van der Waals surface area contributed by atoms with E-state index in [2.05, 4.69) is 9.73 Å². The van der Waals surface area contributed by atoms with E-state index >= 15 is 0 Å². The topological polar surface area (TPSA) is 38.7 Å². The van der Waals surface area contributed by atoms with Crippen LogP contribution >= 0.6 is 11.8 Å². The maximum absolute atomic E-state index is 10.1. The summed E-state index contributed by atoms with van der Waals surface area (Å²) in [6.07, 6.45) is 1.26. The van der Waals surface area contributed by atoms with Gasteiger partial charge in [-0.05, 0) is 6.26 Å². The quantitative estimate of drug-likeness (QED) is 0.397. The maximum atomic E-state index is 10.1. The Morgan fingerprint density at radius 3 is 2.88 bits per heavy atom. The second-order valence-corrected chi connectivity index (χ2v) is 1.62. The molecular weight excluding hydrogens is 126 g/mol. The van der Waals surface area contributed by atoms with Crippen LogP contribution in [0.4, 0.5) is 4.79 Å². The highest BCUT2D eigenvalue weighted by Crippen LogP contribution is 1.85. The summed E-state index contributed by atoms with van der Waals surface area (Å²) in [5.41, 5.74) is 1.42. The van der Waals surface area contributed by atoms with Crippen LogP contribution in [-0.4, -0.2) is 25.0 Å². The van der Waals surface area contributed by atoms with Gasteiger partial charge in [-0.1, -0.05) is 0 Å². The van der Waals surface area contributed by atoms with Crippen LogP contribution in [0.25, 0.3) is 0 Å². The molecule has 0 aliphatic rings. The summed E-state index contributed by atoms with van der Waals surface area (Å²) in [5, 5.41) is 0. The average molecular weight is 133 g/mol. The van der Waals surface area contributed by atoms with Gasteiger partial charge in [0, 0.05) is 0 Å². The number of nitrogens with zero attached hydrogens (tertiary/aromatic N) is 1. The third-order valence-electron chi connectivity index (χ3n) is 0.438. The van der Waals surface area contributed by atoms with Crippen molar-refractivity contribution < 1.29 is 9.53 Å². The first-order chi connectivity index (χ1) is 3.81. The van der Waals surface area contributed by atoms with Crippen molar-refractivity contribution in [1.82, 2.24) is 0 Å². The van der Waals surface area contributed by atoms with Crippen LogP contribution in [0.1, 0.15) is 0 Å². The lowest BCUT2D eigenvalue weighted by atomic mass is 11.2. The van der Waals surface area contributed by atoms with Gasteiger partial charge >= 0.3 is 6.09 Å². The highest BCUT2D eigenvalue weighted by molar-refractivity contribution is 8.11. The van der Waals surface area contributed by atoms with E-state index in [9.17, 15) is 4.79 Å². The number of amides is 1. The summed E-state index contributed by atoms with van der Waals surface area (Å²) in [7, 11) is 1.29. The van der Waals surface area contributed by atoms with Crippen molar-refractivity contribution in [3.05, 3.63) is 0 Å². The van der Waals surface area contributed by atoms with Crippen molar-refractivity contribution in [1.29, 1.82) is 0 Å². The predicted molar refractivity (Wildman–Crippen MR) is 34.4 cm³/mol. The largest absolute Gasteiger partial charge is 0.451 e. The van der Waals surface area contributed by atoms with Crippen molar-refractivity contribution in [2.45, 2.75) is 0 Å². The minimum Gasteiger partial charge on any atom is -0.451 e. The van der Waals surface area contributed by atoms with E-state index in [4.69, 9.17) is 0 Å². The molecule has 0 aliphatic heterocycles. The van der Waals surface area contributed by atoms with Gasteiger partial charge in [0.15, 0.2) is 0 Å². The maximum Gasteiger partial charge on any atom is 0.433 e. The normalized spacial score (nSPS) is 9.75.